The van der Waals surface area contributed by atoms with Crippen molar-refractivity contribution >= 4 is 5.96 Å². The van der Waals surface area contributed by atoms with E-state index in [4.69, 9.17) is 4.74 Å². The van der Waals surface area contributed by atoms with Gasteiger partial charge in [0.05, 0.1) is 19.8 Å². The first-order chi connectivity index (χ1) is 11.6. The van der Waals surface area contributed by atoms with Gasteiger partial charge in [0.1, 0.15) is 5.82 Å². The number of nitrogens with one attached hydrogen (secondary N) is 2. The van der Waals surface area contributed by atoms with Crippen LogP contribution in [0.25, 0.3) is 0 Å². The molecule has 1 aliphatic rings. The van der Waals surface area contributed by atoms with Crippen LogP contribution in [-0.2, 0) is 11.3 Å². The molecule has 24 heavy (non-hydrogen) atoms. The summed E-state index contributed by atoms with van der Waals surface area (Å²) in [5.41, 5.74) is 0.601. The van der Waals surface area contributed by atoms with E-state index in [2.05, 4.69) is 34.4 Å². The number of rotatable bonds is 6. The lowest BCUT2D eigenvalue weighted by Gasteiger charge is -2.38. The Morgan fingerprint density at radius 2 is 2.21 bits per heavy atom. The number of hydrogen-bond acceptors (Lipinski definition) is 3. The van der Waals surface area contributed by atoms with Crippen molar-refractivity contribution in [3.8, 4) is 0 Å². The van der Waals surface area contributed by atoms with E-state index in [1.165, 1.54) is 6.07 Å². The molecule has 2 N–H and O–H groups in total. The first-order valence-corrected chi connectivity index (χ1v) is 8.71. The van der Waals surface area contributed by atoms with Crippen LogP contribution in [0.15, 0.2) is 29.3 Å². The quantitative estimate of drug-likeness (QED) is 0.616. The van der Waals surface area contributed by atoms with Gasteiger partial charge in [0.15, 0.2) is 5.96 Å². The summed E-state index contributed by atoms with van der Waals surface area (Å²) >= 11 is 0. The Balaban J connectivity index is 1.90. The third-order valence-electron chi connectivity index (χ3n) is 4.26. The maximum atomic E-state index is 13.7. The molecule has 5 nitrogen and oxygen atoms in total. The second kappa shape index (κ2) is 9.59. The SMILES string of the molecule is CCNC(=NCc1ccccc1F)NCC(C)N1CCOCC1C. The monoisotopic (exact) mass is 336 g/mol. The molecule has 1 saturated heterocycles. The summed E-state index contributed by atoms with van der Waals surface area (Å²) < 4.78 is 19.2. The fourth-order valence-electron chi connectivity index (χ4n) is 2.89. The highest BCUT2D eigenvalue weighted by molar-refractivity contribution is 5.79. The van der Waals surface area contributed by atoms with Gasteiger partial charge in [-0.2, -0.15) is 0 Å². The number of guanidine groups is 1. The summed E-state index contributed by atoms with van der Waals surface area (Å²) in [7, 11) is 0. The van der Waals surface area contributed by atoms with Gasteiger partial charge >= 0.3 is 0 Å². The maximum Gasteiger partial charge on any atom is 0.191 e. The van der Waals surface area contributed by atoms with Crippen molar-refractivity contribution in [2.45, 2.75) is 39.4 Å². The molecule has 1 aliphatic heterocycles. The van der Waals surface area contributed by atoms with E-state index in [0.29, 0.717) is 30.2 Å². The number of aliphatic imine (C=N–C) groups is 1. The van der Waals surface area contributed by atoms with Crippen LogP contribution in [-0.4, -0.2) is 55.8 Å². The second-order valence-electron chi connectivity index (χ2n) is 6.18. The van der Waals surface area contributed by atoms with Gasteiger partial charge in [0.2, 0.25) is 0 Å². The number of morpholine rings is 1. The van der Waals surface area contributed by atoms with Gasteiger partial charge in [0, 0.05) is 37.3 Å². The minimum absolute atomic E-state index is 0.215. The molecule has 0 spiro atoms. The summed E-state index contributed by atoms with van der Waals surface area (Å²) in [5.74, 6) is 0.501. The van der Waals surface area contributed by atoms with Crippen molar-refractivity contribution in [1.29, 1.82) is 0 Å². The lowest BCUT2D eigenvalue weighted by atomic mass is 10.2. The van der Waals surface area contributed by atoms with Crippen LogP contribution < -0.4 is 10.6 Å². The number of hydrogen-bond donors (Lipinski definition) is 2. The van der Waals surface area contributed by atoms with Crippen LogP contribution in [0.4, 0.5) is 4.39 Å². The average Bonchev–Trinajstić information content (AvgIpc) is 2.58. The lowest BCUT2D eigenvalue weighted by molar-refractivity contribution is -0.0174. The third-order valence-corrected chi connectivity index (χ3v) is 4.26. The van der Waals surface area contributed by atoms with Crippen LogP contribution in [0.3, 0.4) is 0 Å². The van der Waals surface area contributed by atoms with Crippen molar-refractivity contribution < 1.29 is 9.13 Å². The van der Waals surface area contributed by atoms with Crippen molar-refractivity contribution in [3.63, 3.8) is 0 Å². The molecule has 0 saturated carbocycles. The normalized spacial score (nSPS) is 20.7. The van der Waals surface area contributed by atoms with Crippen LogP contribution in [0.5, 0.6) is 0 Å². The predicted molar refractivity (Wildman–Crippen MR) is 95.7 cm³/mol. The van der Waals surface area contributed by atoms with E-state index in [9.17, 15) is 4.39 Å². The van der Waals surface area contributed by atoms with Gasteiger partial charge in [-0.15, -0.1) is 0 Å². The Bertz CT molecular complexity index is 538. The molecule has 0 radical (unpaired) electrons. The van der Waals surface area contributed by atoms with Crippen molar-refractivity contribution in [2.24, 2.45) is 4.99 Å². The molecule has 0 aromatic heterocycles. The zero-order valence-corrected chi connectivity index (χ0v) is 14.9. The highest BCUT2D eigenvalue weighted by Gasteiger charge is 2.23. The standard InChI is InChI=1S/C18H29FN4O/c1-4-20-18(22-12-16-7-5-6-8-17(16)19)21-11-14(2)23-9-10-24-13-15(23)3/h5-8,14-15H,4,9-13H2,1-3H3,(H2,20,21,22). The minimum Gasteiger partial charge on any atom is -0.379 e. The van der Waals surface area contributed by atoms with Gasteiger partial charge in [-0.1, -0.05) is 18.2 Å². The minimum atomic E-state index is -0.215. The van der Waals surface area contributed by atoms with Crippen molar-refractivity contribution in [2.75, 3.05) is 32.8 Å². The molecule has 0 aliphatic carbocycles. The van der Waals surface area contributed by atoms with E-state index in [-0.39, 0.29) is 5.82 Å². The summed E-state index contributed by atoms with van der Waals surface area (Å²) in [5, 5.41) is 6.58. The molecule has 2 atom stereocenters. The first-order valence-electron chi connectivity index (χ1n) is 8.71. The second-order valence-corrected chi connectivity index (χ2v) is 6.18. The Kier molecular flexibility index (Phi) is 7.46. The number of benzene rings is 1. The van der Waals surface area contributed by atoms with E-state index in [0.717, 1.165) is 32.8 Å². The lowest BCUT2D eigenvalue weighted by Crippen LogP contribution is -2.53. The summed E-state index contributed by atoms with van der Waals surface area (Å²) in [4.78, 5) is 6.93. The van der Waals surface area contributed by atoms with Gasteiger partial charge in [-0.05, 0) is 26.8 Å². The zero-order chi connectivity index (χ0) is 17.4. The Hall–Kier alpha value is -1.66. The molecule has 134 valence electrons. The third kappa shape index (κ3) is 5.46. The Morgan fingerprint density at radius 1 is 1.42 bits per heavy atom. The molecule has 0 amide bonds. The molecule has 1 fully saturated rings. The van der Waals surface area contributed by atoms with E-state index < -0.39 is 0 Å². The van der Waals surface area contributed by atoms with Crippen molar-refractivity contribution in [1.82, 2.24) is 15.5 Å². The zero-order valence-electron chi connectivity index (χ0n) is 14.9. The van der Waals surface area contributed by atoms with Crippen LogP contribution >= 0.6 is 0 Å². The van der Waals surface area contributed by atoms with Crippen LogP contribution in [0.1, 0.15) is 26.3 Å². The fourth-order valence-corrected chi connectivity index (χ4v) is 2.89. The maximum absolute atomic E-state index is 13.7. The molecule has 2 rings (SSSR count). The fraction of sp³-hybridized carbons (Fsp3) is 0.611. The Labute approximate surface area is 144 Å². The molecule has 2 unspecified atom stereocenters. The smallest absolute Gasteiger partial charge is 0.191 e. The van der Waals surface area contributed by atoms with Gasteiger partial charge < -0.3 is 15.4 Å². The number of ether oxygens (including phenoxy) is 1. The largest absolute Gasteiger partial charge is 0.379 e. The van der Waals surface area contributed by atoms with E-state index >= 15 is 0 Å². The summed E-state index contributed by atoms with van der Waals surface area (Å²) in [6.07, 6.45) is 0. The molecular weight excluding hydrogens is 307 g/mol. The summed E-state index contributed by atoms with van der Waals surface area (Å²) in [6, 6.07) is 7.55. The highest BCUT2D eigenvalue weighted by atomic mass is 19.1. The van der Waals surface area contributed by atoms with E-state index in [1.54, 1.807) is 12.1 Å². The number of nitrogens with zero attached hydrogens (tertiary/aromatic N) is 2. The van der Waals surface area contributed by atoms with Gasteiger partial charge in [-0.3, -0.25) is 4.90 Å². The molecule has 1 aromatic rings. The Morgan fingerprint density at radius 3 is 2.92 bits per heavy atom. The molecule has 0 bridgehead atoms. The van der Waals surface area contributed by atoms with Crippen LogP contribution in [0.2, 0.25) is 0 Å². The van der Waals surface area contributed by atoms with Gasteiger partial charge in [0.25, 0.3) is 0 Å². The average molecular weight is 336 g/mol. The molecule has 1 aromatic carbocycles. The highest BCUT2D eigenvalue weighted by Crippen LogP contribution is 2.10. The first kappa shape index (κ1) is 18.7. The molecule has 1 heterocycles. The number of halogens is 1. The predicted octanol–water partition coefficient (Wildman–Crippen LogP) is 1.99. The molecular formula is C18H29FN4O. The molecule has 6 heteroatoms. The van der Waals surface area contributed by atoms with Gasteiger partial charge in [-0.25, -0.2) is 9.38 Å². The van der Waals surface area contributed by atoms with E-state index in [1.807, 2.05) is 13.0 Å². The van der Waals surface area contributed by atoms with Crippen molar-refractivity contribution in [3.05, 3.63) is 35.6 Å². The summed E-state index contributed by atoms with van der Waals surface area (Å²) in [6.45, 7) is 10.8. The topological polar surface area (TPSA) is 48.9 Å². The van der Waals surface area contributed by atoms with Crippen LogP contribution in [0, 0.1) is 5.82 Å².